The van der Waals surface area contributed by atoms with Crippen molar-refractivity contribution in [1.82, 2.24) is 9.63 Å². The van der Waals surface area contributed by atoms with Crippen molar-refractivity contribution in [2.45, 2.75) is 17.7 Å². The van der Waals surface area contributed by atoms with Crippen molar-refractivity contribution in [1.29, 1.82) is 0 Å². The molecule has 1 aliphatic heterocycles. The SMILES string of the molecule is CSc1ccc(Nc2c3c(cc(=O)n2C)CCN(OCC(F)F)C3=O)c(F)c1. The first-order valence-corrected chi connectivity index (χ1v) is 9.60. The fraction of sp³-hybridized carbons (Fsp3) is 0.333. The van der Waals surface area contributed by atoms with Crippen LogP contribution >= 0.6 is 11.8 Å². The lowest BCUT2D eigenvalue weighted by atomic mass is 10.0. The number of amides is 1. The van der Waals surface area contributed by atoms with E-state index in [1.807, 2.05) is 6.26 Å². The van der Waals surface area contributed by atoms with Gasteiger partial charge in [-0.3, -0.25) is 19.0 Å². The lowest BCUT2D eigenvalue weighted by molar-refractivity contribution is -0.153. The topological polar surface area (TPSA) is 63.6 Å². The first-order valence-electron chi connectivity index (χ1n) is 8.38. The third-order valence-electron chi connectivity index (χ3n) is 4.33. The van der Waals surface area contributed by atoms with Crippen LogP contribution in [0.1, 0.15) is 15.9 Å². The summed E-state index contributed by atoms with van der Waals surface area (Å²) in [5.41, 5.74) is 0.251. The van der Waals surface area contributed by atoms with E-state index in [9.17, 15) is 22.8 Å². The van der Waals surface area contributed by atoms with Crippen LogP contribution in [0.15, 0.2) is 34.0 Å². The van der Waals surface area contributed by atoms with Crippen LogP contribution in [0, 0.1) is 5.82 Å². The lowest BCUT2D eigenvalue weighted by Crippen LogP contribution is -2.41. The van der Waals surface area contributed by atoms with Crippen LogP contribution in [-0.4, -0.2) is 41.4 Å². The van der Waals surface area contributed by atoms with Gasteiger partial charge in [0.05, 0.1) is 17.8 Å². The highest BCUT2D eigenvalue weighted by Gasteiger charge is 2.31. The van der Waals surface area contributed by atoms with Gasteiger partial charge in [0.25, 0.3) is 17.9 Å². The van der Waals surface area contributed by atoms with Crippen LogP contribution in [0.2, 0.25) is 0 Å². The molecule has 0 saturated carbocycles. The van der Waals surface area contributed by atoms with E-state index in [4.69, 9.17) is 4.84 Å². The molecule has 0 bridgehead atoms. The highest BCUT2D eigenvalue weighted by molar-refractivity contribution is 7.98. The van der Waals surface area contributed by atoms with Crippen LogP contribution in [0.25, 0.3) is 0 Å². The molecule has 1 amide bonds. The number of nitrogens with one attached hydrogen (secondary N) is 1. The van der Waals surface area contributed by atoms with Crippen molar-refractivity contribution in [2.75, 3.05) is 24.7 Å². The fourth-order valence-electron chi connectivity index (χ4n) is 2.90. The van der Waals surface area contributed by atoms with E-state index in [1.54, 1.807) is 6.07 Å². The summed E-state index contributed by atoms with van der Waals surface area (Å²) in [4.78, 5) is 30.7. The maximum atomic E-state index is 14.4. The number of alkyl halides is 2. The minimum Gasteiger partial charge on any atom is -0.338 e. The average Bonchev–Trinajstić information content (AvgIpc) is 2.65. The highest BCUT2D eigenvalue weighted by atomic mass is 32.2. The number of benzene rings is 1. The molecule has 0 fully saturated rings. The fourth-order valence-corrected chi connectivity index (χ4v) is 3.33. The van der Waals surface area contributed by atoms with E-state index in [2.05, 4.69) is 5.32 Å². The Morgan fingerprint density at radius 3 is 2.68 bits per heavy atom. The summed E-state index contributed by atoms with van der Waals surface area (Å²) < 4.78 is 40.5. The Hall–Kier alpha value is -2.46. The summed E-state index contributed by atoms with van der Waals surface area (Å²) in [6.07, 6.45) is -0.662. The van der Waals surface area contributed by atoms with Crippen molar-refractivity contribution in [3.63, 3.8) is 0 Å². The van der Waals surface area contributed by atoms with Crippen LogP contribution in [0.5, 0.6) is 0 Å². The number of nitrogens with zero attached hydrogens (tertiary/aromatic N) is 2. The molecule has 3 rings (SSSR count). The van der Waals surface area contributed by atoms with Gasteiger partial charge in [-0.15, -0.1) is 11.8 Å². The summed E-state index contributed by atoms with van der Waals surface area (Å²) in [5, 5.41) is 3.65. The third-order valence-corrected chi connectivity index (χ3v) is 5.06. The molecule has 2 aromatic rings. The van der Waals surface area contributed by atoms with Crippen molar-refractivity contribution in [3.05, 3.63) is 51.6 Å². The van der Waals surface area contributed by atoms with Crippen molar-refractivity contribution < 1.29 is 22.8 Å². The predicted octanol–water partition coefficient (Wildman–Crippen LogP) is 3.18. The van der Waals surface area contributed by atoms with E-state index < -0.39 is 24.8 Å². The third kappa shape index (κ3) is 4.02. The number of hydroxylamine groups is 2. The predicted molar refractivity (Wildman–Crippen MR) is 99.8 cm³/mol. The standard InChI is InChI=1S/C18H18F3N3O3S/c1-23-15(25)7-10-5-6-24(27-9-14(20)21)18(26)16(10)17(23)22-13-4-3-11(28-2)8-12(13)19/h3-4,7-8,14,22H,5-6,9H2,1-2H3. The molecule has 1 N–H and O–H groups in total. The smallest absolute Gasteiger partial charge is 0.281 e. The van der Waals surface area contributed by atoms with E-state index >= 15 is 0 Å². The van der Waals surface area contributed by atoms with Gasteiger partial charge in [0, 0.05) is 18.0 Å². The lowest BCUT2D eigenvalue weighted by Gasteiger charge is -2.29. The molecule has 0 radical (unpaired) electrons. The number of carbonyl (C=O) groups is 1. The van der Waals surface area contributed by atoms with Crippen LogP contribution in [-0.2, 0) is 18.3 Å². The largest absolute Gasteiger partial charge is 0.338 e. The van der Waals surface area contributed by atoms with Gasteiger partial charge in [0.2, 0.25) is 0 Å². The number of rotatable bonds is 6. The molecule has 0 spiro atoms. The normalized spacial score (nSPS) is 13.8. The van der Waals surface area contributed by atoms with Gasteiger partial charge in [0.15, 0.2) is 0 Å². The molecule has 0 atom stereocenters. The Balaban J connectivity index is 2.01. The number of fused-ring (bicyclic) bond motifs is 1. The molecular weight excluding hydrogens is 395 g/mol. The Morgan fingerprint density at radius 2 is 2.04 bits per heavy atom. The number of hydrogen-bond acceptors (Lipinski definition) is 5. The molecule has 2 heterocycles. The van der Waals surface area contributed by atoms with Gasteiger partial charge in [-0.1, -0.05) is 0 Å². The zero-order valence-corrected chi connectivity index (χ0v) is 16.0. The second kappa shape index (κ2) is 8.27. The number of thioether (sulfide) groups is 1. The first kappa shape index (κ1) is 20.3. The van der Waals surface area contributed by atoms with E-state index in [0.29, 0.717) is 5.56 Å². The Labute approximate surface area is 163 Å². The summed E-state index contributed by atoms with van der Waals surface area (Å²) in [7, 11) is 1.44. The zero-order valence-electron chi connectivity index (χ0n) is 15.2. The highest BCUT2D eigenvalue weighted by Crippen LogP contribution is 2.30. The Kier molecular flexibility index (Phi) is 5.99. The van der Waals surface area contributed by atoms with Crippen molar-refractivity contribution in [3.8, 4) is 0 Å². The van der Waals surface area contributed by atoms with Gasteiger partial charge in [-0.25, -0.2) is 18.2 Å². The molecule has 1 aromatic carbocycles. The van der Waals surface area contributed by atoms with Crippen LogP contribution in [0.4, 0.5) is 24.7 Å². The number of halogens is 3. The zero-order chi connectivity index (χ0) is 20.4. The van der Waals surface area contributed by atoms with Crippen LogP contribution < -0.4 is 10.9 Å². The Morgan fingerprint density at radius 1 is 1.29 bits per heavy atom. The van der Waals surface area contributed by atoms with E-state index in [0.717, 1.165) is 9.96 Å². The number of carbonyl (C=O) groups excluding carboxylic acids is 1. The molecule has 0 unspecified atom stereocenters. The van der Waals surface area contributed by atoms with Gasteiger partial charge in [-0.2, -0.15) is 0 Å². The minimum absolute atomic E-state index is 0.0436. The van der Waals surface area contributed by atoms with Gasteiger partial charge in [0.1, 0.15) is 18.2 Å². The van der Waals surface area contributed by atoms with Gasteiger partial charge < -0.3 is 5.32 Å². The molecule has 0 aliphatic carbocycles. The van der Waals surface area contributed by atoms with Gasteiger partial charge in [-0.05, 0) is 36.4 Å². The molecule has 1 aliphatic rings. The van der Waals surface area contributed by atoms with Crippen LogP contribution in [0.3, 0.4) is 0 Å². The second-order valence-electron chi connectivity index (χ2n) is 6.11. The molecule has 150 valence electrons. The number of anilines is 2. The summed E-state index contributed by atoms with van der Waals surface area (Å²) >= 11 is 1.37. The van der Waals surface area contributed by atoms with Crippen molar-refractivity contribution >= 4 is 29.2 Å². The summed E-state index contributed by atoms with van der Waals surface area (Å²) in [6, 6.07) is 5.85. The monoisotopic (exact) mass is 413 g/mol. The number of aromatic nitrogens is 1. The Bertz CT molecular complexity index is 965. The molecule has 0 saturated heterocycles. The first-order chi connectivity index (χ1) is 13.3. The molecule has 6 nitrogen and oxygen atoms in total. The van der Waals surface area contributed by atoms with Gasteiger partial charge >= 0.3 is 0 Å². The van der Waals surface area contributed by atoms with Crippen molar-refractivity contribution in [2.24, 2.45) is 7.05 Å². The number of hydrogen-bond donors (Lipinski definition) is 1. The maximum Gasteiger partial charge on any atom is 0.281 e. The van der Waals surface area contributed by atoms with E-state index in [1.165, 1.54) is 41.6 Å². The maximum absolute atomic E-state index is 14.4. The second-order valence-corrected chi connectivity index (χ2v) is 6.98. The molecular formula is C18H18F3N3O3S. The molecule has 10 heteroatoms. The number of pyridine rings is 1. The average molecular weight is 413 g/mol. The minimum atomic E-state index is -2.73. The quantitative estimate of drug-likeness (QED) is 0.737. The molecule has 28 heavy (non-hydrogen) atoms. The van der Waals surface area contributed by atoms with E-state index in [-0.39, 0.29) is 35.6 Å². The molecule has 1 aromatic heterocycles. The summed E-state index contributed by atoms with van der Waals surface area (Å²) in [6.45, 7) is -0.873. The summed E-state index contributed by atoms with van der Waals surface area (Å²) in [5.74, 6) is -1.14.